The molecule has 3 aromatic rings. The summed E-state index contributed by atoms with van der Waals surface area (Å²) in [4.78, 5) is 26.9. The number of fused-ring (bicyclic) bond motifs is 1. The summed E-state index contributed by atoms with van der Waals surface area (Å²) in [5, 5.41) is 13.9. The number of aromatic nitrogens is 1. The van der Waals surface area contributed by atoms with Gasteiger partial charge in [-0.15, -0.1) is 0 Å². The summed E-state index contributed by atoms with van der Waals surface area (Å²) in [7, 11) is 0. The second-order valence-corrected chi connectivity index (χ2v) is 5.47. The first-order valence-corrected chi connectivity index (χ1v) is 7.30. The van der Waals surface area contributed by atoms with E-state index in [1.54, 1.807) is 48.5 Å². The van der Waals surface area contributed by atoms with E-state index in [-0.39, 0.29) is 17.9 Å². The van der Waals surface area contributed by atoms with E-state index in [0.29, 0.717) is 15.9 Å². The topological polar surface area (TPSA) is 82.2 Å². The summed E-state index contributed by atoms with van der Waals surface area (Å²) in [6.07, 6.45) is 0. The fourth-order valence-corrected chi connectivity index (χ4v) is 2.44. The molecule has 0 saturated heterocycles. The van der Waals surface area contributed by atoms with Crippen molar-refractivity contribution in [1.29, 1.82) is 0 Å². The highest BCUT2D eigenvalue weighted by Crippen LogP contribution is 2.24. The maximum atomic E-state index is 12.3. The lowest BCUT2D eigenvalue weighted by atomic mass is 10.1. The van der Waals surface area contributed by atoms with E-state index >= 15 is 0 Å². The van der Waals surface area contributed by atoms with Crippen LogP contribution in [0.4, 0.5) is 0 Å². The number of benzene rings is 2. The van der Waals surface area contributed by atoms with Crippen LogP contribution in [0.3, 0.4) is 0 Å². The quantitative estimate of drug-likeness (QED) is 0.691. The molecule has 0 aliphatic heterocycles. The first-order valence-electron chi connectivity index (χ1n) is 6.93. The molecule has 0 unspecified atom stereocenters. The van der Waals surface area contributed by atoms with Gasteiger partial charge in [0.1, 0.15) is 11.3 Å². The molecule has 116 valence electrons. The van der Waals surface area contributed by atoms with Crippen LogP contribution in [0.1, 0.15) is 15.9 Å². The van der Waals surface area contributed by atoms with Crippen molar-refractivity contribution in [3.63, 3.8) is 0 Å². The Labute approximate surface area is 136 Å². The van der Waals surface area contributed by atoms with Gasteiger partial charge in [0.15, 0.2) is 0 Å². The maximum absolute atomic E-state index is 12.3. The Balaban J connectivity index is 1.89. The normalized spacial score (nSPS) is 10.7. The van der Waals surface area contributed by atoms with E-state index in [9.17, 15) is 14.7 Å². The Kier molecular flexibility index (Phi) is 4.04. The first kappa shape index (κ1) is 15.1. The molecule has 0 atom stereocenters. The Morgan fingerprint density at radius 2 is 1.83 bits per heavy atom. The van der Waals surface area contributed by atoms with Crippen molar-refractivity contribution < 1.29 is 9.90 Å². The zero-order chi connectivity index (χ0) is 16.4. The molecule has 1 aromatic heterocycles. The third-order valence-electron chi connectivity index (χ3n) is 3.49. The number of rotatable bonds is 3. The highest BCUT2D eigenvalue weighted by molar-refractivity contribution is 6.30. The Morgan fingerprint density at radius 3 is 2.57 bits per heavy atom. The molecule has 0 aliphatic carbocycles. The second-order valence-electron chi connectivity index (χ2n) is 5.03. The smallest absolute Gasteiger partial charge is 0.265 e. The van der Waals surface area contributed by atoms with Gasteiger partial charge in [0, 0.05) is 17.0 Å². The summed E-state index contributed by atoms with van der Waals surface area (Å²) < 4.78 is 0. The minimum atomic E-state index is -0.635. The van der Waals surface area contributed by atoms with Gasteiger partial charge in [0.25, 0.3) is 11.5 Å². The molecule has 0 spiro atoms. The lowest BCUT2D eigenvalue weighted by molar-refractivity contribution is 0.0947. The predicted octanol–water partition coefficient (Wildman–Crippen LogP) is 2.82. The molecule has 0 radical (unpaired) electrons. The van der Waals surface area contributed by atoms with Gasteiger partial charge in [-0.2, -0.15) is 0 Å². The number of nitrogens with one attached hydrogen (secondary N) is 2. The molecule has 3 N–H and O–H groups in total. The van der Waals surface area contributed by atoms with Crippen molar-refractivity contribution in [2.45, 2.75) is 6.54 Å². The number of carbonyl (C=O) groups is 1. The van der Waals surface area contributed by atoms with Crippen LogP contribution in [0.15, 0.2) is 53.3 Å². The zero-order valence-electron chi connectivity index (χ0n) is 12.0. The molecule has 5 nitrogen and oxygen atoms in total. The van der Waals surface area contributed by atoms with Gasteiger partial charge in [-0.1, -0.05) is 35.9 Å². The number of halogens is 1. The first-order chi connectivity index (χ1) is 11.1. The number of aromatic amines is 1. The Bertz CT molecular complexity index is 933. The van der Waals surface area contributed by atoms with Crippen LogP contribution >= 0.6 is 11.6 Å². The van der Waals surface area contributed by atoms with Gasteiger partial charge in [-0.05, 0) is 29.8 Å². The number of hydrogen-bond acceptors (Lipinski definition) is 3. The van der Waals surface area contributed by atoms with E-state index in [1.165, 1.54) is 0 Å². The number of para-hydroxylation sites is 1. The molecule has 1 amide bonds. The van der Waals surface area contributed by atoms with Crippen LogP contribution in [0.5, 0.6) is 5.75 Å². The van der Waals surface area contributed by atoms with E-state index in [4.69, 9.17) is 11.6 Å². The summed E-state index contributed by atoms with van der Waals surface area (Å²) in [6.45, 7) is 0.224. The number of hydrogen-bond donors (Lipinski definition) is 3. The molecule has 23 heavy (non-hydrogen) atoms. The van der Waals surface area contributed by atoms with Crippen LogP contribution in [-0.4, -0.2) is 16.0 Å². The molecule has 0 aliphatic rings. The fourth-order valence-electron chi connectivity index (χ4n) is 2.31. The SMILES string of the molecule is O=C(NCc1ccc(Cl)cc1)c1c(O)c2ccccc2[nH]c1=O. The summed E-state index contributed by atoms with van der Waals surface area (Å²) in [5.74, 6) is -0.956. The zero-order valence-corrected chi connectivity index (χ0v) is 12.7. The van der Waals surface area contributed by atoms with E-state index in [2.05, 4.69) is 10.3 Å². The van der Waals surface area contributed by atoms with Crippen molar-refractivity contribution in [3.05, 3.63) is 75.0 Å². The van der Waals surface area contributed by atoms with Gasteiger partial charge in [-0.25, -0.2) is 0 Å². The van der Waals surface area contributed by atoms with Crippen molar-refractivity contribution >= 4 is 28.4 Å². The van der Waals surface area contributed by atoms with Crippen molar-refractivity contribution in [2.24, 2.45) is 0 Å². The highest BCUT2D eigenvalue weighted by Gasteiger charge is 2.18. The van der Waals surface area contributed by atoms with Gasteiger partial charge in [0.05, 0.1) is 5.52 Å². The number of pyridine rings is 1. The molecule has 2 aromatic carbocycles. The molecule has 0 fully saturated rings. The lowest BCUT2D eigenvalue weighted by Gasteiger charge is -2.08. The number of amides is 1. The minimum absolute atomic E-state index is 0.224. The third-order valence-corrected chi connectivity index (χ3v) is 3.74. The van der Waals surface area contributed by atoms with Crippen LogP contribution in [0.25, 0.3) is 10.9 Å². The van der Waals surface area contributed by atoms with Crippen molar-refractivity contribution in [3.8, 4) is 5.75 Å². The van der Waals surface area contributed by atoms with E-state index in [1.807, 2.05) is 0 Å². The van der Waals surface area contributed by atoms with Gasteiger partial charge < -0.3 is 15.4 Å². The molecule has 0 bridgehead atoms. The molecule has 1 heterocycles. The number of carbonyl (C=O) groups excluding carboxylic acids is 1. The molecule has 3 rings (SSSR count). The summed E-state index contributed by atoms with van der Waals surface area (Å²) in [6, 6.07) is 13.7. The summed E-state index contributed by atoms with van der Waals surface area (Å²) >= 11 is 5.80. The van der Waals surface area contributed by atoms with Crippen LogP contribution < -0.4 is 10.9 Å². The van der Waals surface area contributed by atoms with E-state index in [0.717, 1.165) is 5.56 Å². The second kappa shape index (κ2) is 6.14. The average Bonchev–Trinajstić information content (AvgIpc) is 2.54. The van der Waals surface area contributed by atoms with Crippen molar-refractivity contribution in [2.75, 3.05) is 0 Å². The Hall–Kier alpha value is -2.79. The van der Waals surface area contributed by atoms with Crippen LogP contribution in [0, 0.1) is 0 Å². The van der Waals surface area contributed by atoms with Crippen LogP contribution in [-0.2, 0) is 6.54 Å². The van der Waals surface area contributed by atoms with Gasteiger partial charge in [-0.3, -0.25) is 9.59 Å². The van der Waals surface area contributed by atoms with Crippen LogP contribution in [0.2, 0.25) is 5.02 Å². The highest BCUT2D eigenvalue weighted by atomic mass is 35.5. The Morgan fingerprint density at radius 1 is 1.13 bits per heavy atom. The number of aromatic hydroxyl groups is 1. The van der Waals surface area contributed by atoms with Crippen molar-refractivity contribution in [1.82, 2.24) is 10.3 Å². The molecule has 6 heteroatoms. The number of H-pyrrole nitrogens is 1. The maximum Gasteiger partial charge on any atom is 0.265 e. The third kappa shape index (κ3) is 3.05. The fraction of sp³-hybridized carbons (Fsp3) is 0.0588. The van der Waals surface area contributed by atoms with Gasteiger partial charge in [0.2, 0.25) is 0 Å². The molecule has 0 saturated carbocycles. The standard InChI is InChI=1S/C17H13ClN2O3/c18-11-7-5-10(6-8-11)9-19-16(22)14-15(21)12-3-1-2-4-13(12)20-17(14)23/h1-8H,9H2,(H,19,22)(H2,20,21,23). The largest absolute Gasteiger partial charge is 0.506 e. The molecular weight excluding hydrogens is 316 g/mol. The minimum Gasteiger partial charge on any atom is -0.506 e. The lowest BCUT2D eigenvalue weighted by Crippen LogP contribution is -2.29. The average molecular weight is 329 g/mol. The summed E-state index contributed by atoms with van der Waals surface area (Å²) in [5.41, 5.74) is 0.385. The van der Waals surface area contributed by atoms with E-state index < -0.39 is 11.5 Å². The predicted molar refractivity (Wildman–Crippen MR) is 88.9 cm³/mol. The molecular formula is C17H13ClN2O3. The monoisotopic (exact) mass is 328 g/mol. The van der Waals surface area contributed by atoms with Gasteiger partial charge >= 0.3 is 0 Å².